The maximum Gasteiger partial charge on any atom is 0.341 e. The van der Waals surface area contributed by atoms with E-state index in [1.807, 2.05) is 7.05 Å². The Hall–Kier alpha value is -1.64. The van der Waals surface area contributed by atoms with Crippen LogP contribution in [0.4, 0.5) is 0 Å². The molecule has 23 heavy (non-hydrogen) atoms. The lowest BCUT2D eigenvalue weighted by atomic mass is 10.1. The van der Waals surface area contributed by atoms with E-state index in [1.54, 1.807) is 0 Å². The minimum Gasteiger partial charge on any atom is -0.496 e. The molecule has 0 spiro atoms. The van der Waals surface area contributed by atoms with E-state index in [-0.39, 0.29) is 16.2 Å². The van der Waals surface area contributed by atoms with Crippen molar-refractivity contribution < 1.29 is 22.7 Å². The van der Waals surface area contributed by atoms with Gasteiger partial charge in [-0.1, -0.05) is 0 Å². The molecule has 0 saturated carbocycles. The van der Waals surface area contributed by atoms with E-state index in [2.05, 4.69) is 10.1 Å². The highest BCUT2D eigenvalue weighted by Crippen LogP contribution is 2.27. The van der Waals surface area contributed by atoms with Gasteiger partial charge in [0.2, 0.25) is 10.0 Å². The minimum absolute atomic E-state index is 0.116. The molecule has 2 rings (SSSR count). The topological polar surface area (TPSA) is 84.9 Å². The summed E-state index contributed by atoms with van der Waals surface area (Å²) in [6.45, 7) is 0.934. The number of hydrogen-bond donors (Lipinski definition) is 1. The van der Waals surface area contributed by atoms with Crippen molar-refractivity contribution in [2.75, 3.05) is 34.4 Å². The number of esters is 1. The summed E-state index contributed by atoms with van der Waals surface area (Å²) in [6, 6.07) is 4.54. The molecule has 1 aliphatic rings. The molecule has 0 amide bonds. The normalized spacial score (nSPS) is 17.0. The number of nitrogens with zero attached hydrogens (tertiary/aromatic N) is 1. The van der Waals surface area contributed by atoms with Crippen molar-refractivity contribution in [3.05, 3.63) is 23.8 Å². The number of piperidine rings is 1. The molecule has 7 nitrogen and oxygen atoms in total. The van der Waals surface area contributed by atoms with E-state index in [9.17, 15) is 13.2 Å². The Bertz CT molecular complexity index is 666. The lowest BCUT2D eigenvalue weighted by Gasteiger charge is -2.31. The summed E-state index contributed by atoms with van der Waals surface area (Å²) in [7, 11) is 0.926. The number of benzene rings is 1. The zero-order valence-corrected chi connectivity index (χ0v) is 14.4. The Labute approximate surface area is 136 Å². The molecule has 1 aromatic rings. The molecule has 1 aromatic carbocycles. The van der Waals surface area contributed by atoms with Crippen LogP contribution in [-0.4, -0.2) is 59.1 Å². The molecule has 0 radical (unpaired) electrons. The van der Waals surface area contributed by atoms with Crippen molar-refractivity contribution in [2.24, 2.45) is 0 Å². The van der Waals surface area contributed by atoms with Gasteiger partial charge in [0.25, 0.3) is 0 Å². The van der Waals surface area contributed by atoms with Gasteiger partial charge in [0.15, 0.2) is 0 Å². The van der Waals surface area contributed by atoms with Crippen LogP contribution in [0, 0.1) is 0 Å². The fourth-order valence-electron chi connectivity index (χ4n) is 2.64. The van der Waals surface area contributed by atoms with Crippen LogP contribution in [0.2, 0.25) is 0 Å². The summed E-state index contributed by atoms with van der Waals surface area (Å²) in [6.07, 6.45) is 1.54. The van der Waals surface area contributed by atoms with E-state index in [0.717, 1.165) is 12.8 Å². The van der Waals surface area contributed by atoms with E-state index in [4.69, 9.17) is 4.74 Å². The van der Waals surface area contributed by atoms with Crippen molar-refractivity contribution in [2.45, 2.75) is 23.8 Å². The number of methoxy groups -OCH3 is 2. The molecule has 128 valence electrons. The predicted octanol–water partition coefficient (Wildman–Crippen LogP) is 0.854. The number of carbonyl (C=O) groups excluding carboxylic acids is 1. The molecule has 1 heterocycles. The van der Waals surface area contributed by atoms with Gasteiger partial charge in [-0.3, -0.25) is 0 Å². The first-order valence-corrected chi connectivity index (χ1v) is 8.81. The van der Waals surface area contributed by atoms with Gasteiger partial charge in [-0.15, -0.1) is 0 Å². The second kappa shape index (κ2) is 7.29. The van der Waals surface area contributed by atoms with Crippen molar-refractivity contribution in [1.29, 1.82) is 0 Å². The first-order valence-electron chi connectivity index (χ1n) is 7.37. The van der Waals surface area contributed by atoms with Gasteiger partial charge in [-0.25, -0.2) is 13.2 Å². The Morgan fingerprint density at radius 1 is 1.26 bits per heavy atom. The third-order valence-corrected chi connectivity index (χ3v) is 5.97. The summed E-state index contributed by atoms with van der Waals surface area (Å²) < 4.78 is 36.7. The third-order valence-electron chi connectivity index (χ3n) is 4.08. The van der Waals surface area contributed by atoms with Crippen molar-refractivity contribution in [3.63, 3.8) is 0 Å². The second-order valence-electron chi connectivity index (χ2n) is 5.32. The standard InChI is InChI=1S/C15H22N2O5S/c1-16-11-6-8-17(9-7-11)23(19,20)12-4-5-13(15(18)22-3)14(10-12)21-2/h4-5,10-11,16H,6-9H2,1-3H3. The fourth-order valence-corrected chi connectivity index (χ4v) is 4.13. The summed E-state index contributed by atoms with van der Waals surface area (Å²) in [5.74, 6) is -0.385. The number of rotatable bonds is 5. The molecule has 1 N–H and O–H groups in total. The van der Waals surface area contributed by atoms with Gasteiger partial charge < -0.3 is 14.8 Å². The second-order valence-corrected chi connectivity index (χ2v) is 7.26. The summed E-state index contributed by atoms with van der Waals surface area (Å²) in [5, 5.41) is 3.17. The average Bonchev–Trinajstić information content (AvgIpc) is 2.60. The van der Waals surface area contributed by atoms with Crippen LogP contribution in [0.25, 0.3) is 0 Å². The minimum atomic E-state index is -3.60. The Morgan fingerprint density at radius 3 is 2.43 bits per heavy atom. The van der Waals surface area contributed by atoms with Crippen LogP contribution >= 0.6 is 0 Å². The highest BCUT2D eigenvalue weighted by Gasteiger charge is 2.30. The molecule has 0 aliphatic carbocycles. The highest BCUT2D eigenvalue weighted by atomic mass is 32.2. The Kier molecular flexibility index (Phi) is 5.61. The van der Waals surface area contributed by atoms with Crippen molar-refractivity contribution in [1.82, 2.24) is 9.62 Å². The first kappa shape index (κ1) is 17.7. The van der Waals surface area contributed by atoms with Crippen LogP contribution in [0.5, 0.6) is 5.75 Å². The zero-order valence-electron chi connectivity index (χ0n) is 13.5. The van der Waals surface area contributed by atoms with Crippen LogP contribution in [-0.2, 0) is 14.8 Å². The van der Waals surface area contributed by atoms with Gasteiger partial charge in [0, 0.05) is 25.2 Å². The molecular formula is C15H22N2O5S. The maximum absolute atomic E-state index is 12.7. The molecule has 0 bridgehead atoms. The van der Waals surface area contributed by atoms with E-state index >= 15 is 0 Å². The summed E-state index contributed by atoms with van der Waals surface area (Å²) in [4.78, 5) is 11.8. The van der Waals surface area contributed by atoms with E-state index in [0.29, 0.717) is 19.1 Å². The largest absolute Gasteiger partial charge is 0.496 e. The number of nitrogens with one attached hydrogen (secondary N) is 1. The summed E-state index contributed by atoms with van der Waals surface area (Å²) >= 11 is 0. The van der Waals surface area contributed by atoms with E-state index in [1.165, 1.54) is 36.7 Å². The van der Waals surface area contributed by atoms with E-state index < -0.39 is 16.0 Å². The quantitative estimate of drug-likeness (QED) is 0.799. The van der Waals surface area contributed by atoms with Crippen LogP contribution in [0.3, 0.4) is 0 Å². The van der Waals surface area contributed by atoms with Crippen molar-refractivity contribution in [3.8, 4) is 5.75 Å². The molecular weight excluding hydrogens is 320 g/mol. The molecule has 0 atom stereocenters. The molecule has 1 fully saturated rings. The molecule has 0 aromatic heterocycles. The number of ether oxygens (including phenoxy) is 2. The third kappa shape index (κ3) is 3.65. The highest BCUT2D eigenvalue weighted by molar-refractivity contribution is 7.89. The zero-order chi connectivity index (χ0) is 17.0. The monoisotopic (exact) mass is 342 g/mol. The average molecular weight is 342 g/mol. The lowest BCUT2D eigenvalue weighted by Crippen LogP contribution is -2.43. The fraction of sp³-hybridized carbons (Fsp3) is 0.533. The lowest BCUT2D eigenvalue weighted by molar-refractivity contribution is 0.0597. The molecule has 1 aliphatic heterocycles. The Balaban J connectivity index is 2.28. The van der Waals surface area contributed by atoms with Crippen LogP contribution in [0.15, 0.2) is 23.1 Å². The maximum atomic E-state index is 12.7. The van der Waals surface area contributed by atoms with Crippen LogP contribution in [0.1, 0.15) is 23.2 Å². The number of hydrogen-bond acceptors (Lipinski definition) is 6. The molecule has 8 heteroatoms. The van der Waals surface area contributed by atoms with Gasteiger partial charge >= 0.3 is 5.97 Å². The van der Waals surface area contributed by atoms with Crippen LogP contribution < -0.4 is 10.1 Å². The number of carbonyl (C=O) groups is 1. The Morgan fingerprint density at radius 2 is 1.91 bits per heavy atom. The van der Waals surface area contributed by atoms with Gasteiger partial charge in [-0.05, 0) is 32.0 Å². The van der Waals surface area contributed by atoms with Crippen molar-refractivity contribution >= 4 is 16.0 Å². The predicted molar refractivity (Wildman–Crippen MR) is 85.2 cm³/mol. The van der Waals surface area contributed by atoms with Gasteiger partial charge in [0.05, 0.1) is 19.1 Å². The smallest absolute Gasteiger partial charge is 0.341 e. The SMILES string of the molecule is CNC1CCN(S(=O)(=O)c2ccc(C(=O)OC)c(OC)c2)CC1. The molecule has 1 saturated heterocycles. The molecule has 0 unspecified atom stereocenters. The van der Waals surface area contributed by atoms with Gasteiger partial charge in [-0.2, -0.15) is 4.31 Å². The first-order chi connectivity index (χ1) is 10.9. The summed E-state index contributed by atoms with van der Waals surface area (Å²) in [5.41, 5.74) is 0.197. The van der Waals surface area contributed by atoms with Gasteiger partial charge in [0.1, 0.15) is 11.3 Å². The number of sulfonamides is 1.